The molecule has 2 unspecified atom stereocenters. The predicted octanol–water partition coefficient (Wildman–Crippen LogP) is 4.06. The third-order valence-electron chi connectivity index (χ3n) is 4.12. The highest BCUT2D eigenvalue weighted by atomic mass is 19.4. The van der Waals surface area contributed by atoms with E-state index in [1.807, 2.05) is 0 Å². The van der Waals surface area contributed by atoms with Crippen molar-refractivity contribution in [1.29, 1.82) is 0 Å². The Morgan fingerprint density at radius 3 is 2.81 bits per heavy atom. The van der Waals surface area contributed by atoms with Crippen LogP contribution in [0.5, 0.6) is 0 Å². The molecule has 1 fully saturated rings. The Bertz CT molecular complexity index is 499. The number of Topliss-reactive ketones (excluding diaryl/α,β-unsaturated/α-hetero) is 1. The normalized spacial score (nSPS) is 23.0. The van der Waals surface area contributed by atoms with E-state index in [1.165, 1.54) is 12.1 Å². The van der Waals surface area contributed by atoms with Crippen molar-refractivity contribution in [3.05, 3.63) is 35.4 Å². The van der Waals surface area contributed by atoms with Gasteiger partial charge in [-0.05, 0) is 37.4 Å². The van der Waals surface area contributed by atoms with Gasteiger partial charge >= 0.3 is 6.18 Å². The summed E-state index contributed by atoms with van der Waals surface area (Å²) in [6.45, 7) is 3.00. The molecule has 116 valence electrons. The summed E-state index contributed by atoms with van der Waals surface area (Å²) in [7, 11) is 0. The van der Waals surface area contributed by atoms with Gasteiger partial charge in [0.05, 0.1) is 5.56 Å². The largest absolute Gasteiger partial charge is 0.416 e. The summed E-state index contributed by atoms with van der Waals surface area (Å²) < 4.78 is 38.0. The van der Waals surface area contributed by atoms with Crippen molar-refractivity contribution in [2.24, 2.45) is 5.92 Å². The highest BCUT2D eigenvalue weighted by molar-refractivity contribution is 5.96. The summed E-state index contributed by atoms with van der Waals surface area (Å²) in [5.41, 5.74) is -0.623. The molecule has 0 radical (unpaired) electrons. The zero-order chi connectivity index (χ0) is 15.5. The Hall–Kier alpha value is -1.36. The molecule has 1 aromatic carbocycles. The second kappa shape index (κ2) is 6.60. The molecule has 1 aromatic rings. The van der Waals surface area contributed by atoms with Crippen LogP contribution in [0.1, 0.15) is 48.5 Å². The van der Waals surface area contributed by atoms with Crippen LogP contribution in [0.4, 0.5) is 13.2 Å². The van der Waals surface area contributed by atoms with E-state index in [-0.39, 0.29) is 23.8 Å². The van der Waals surface area contributed by atoms with Crippen LogP contribution in [0.25, 0.3) is 0 Å². The summed E-state index contributed by atoms with van der Waals surface area (Å²) in [4.78, 5) is 12.2. The Balaban J connectivity index is 2.03. The molecule has 5 heteroatoms. The molecule has 0 aromatic heterocycles. The van der Waals surface area contributed by atoms with Gasteiger partial charge in [0.25, 0.3) is 0 Å². The van der Waals surface area contributed by atoms with Gasteiger partial charge < -0.3 is 5.32 Å². The monoisotopic (exact) mass is 299 g/mol. The number of benzene rings is 1. The molecule has 2 nitrogen and oxygen atoms in total. The lowest BCUT2D eigenvalue weighted by Crippen LogP contribution is -2.39. The summed E-state index contributed by atoms with van der Waals surface area (Å²) in [5, 5.41) is 3.29. The summed E-state index contributed by atoms with van der Waals surface area (Å²) in [6, 6.07) is 4.76. The fraction of sp³-hybridized carbons (Fsp3) is 0.562. The van der Waals surface area contributed by atoms with Crippen LogP contribution in [0.15, 0.2) is 24.3 Å². The Morgan fingerprint density at radius 2 is 2.14 bits per heavy atom. The number of nitrogens with one attached hydrogen (secondary N) is 1. The fourth-order valence-electron chi connectivity index (χ4n) is 2.83. The van der Waals surface area contributed by atoms with E-state index >= 15 is 0 Å². The van der Waals surface area contributed by atoms with Crippen molar-refractivity contribution in [3.8, 4) is 0 Å². The van der Waals surface area contributed by atoms with Crippen molar-refractivity contribution in [1.82, 2.24) is 5.32 Å². The van der Waals surface area contributed by atoms with Crippen molar-refractivity contribution in [3.63, 3.8) is 0 Å². The first-order valence-corrected chi connectivity index (χ1v) is 7.34. The topological polar surface area (TPSA) is 29.1 Å². The third-order valence-corrected chi connectivity index (χ3v) is 4.12. The van der Waals surface area contributed by atoms with Gasteiger partial charge in [0.15, 0.2) is 5.78 Å². The van der Waals surface area contributed by atoms with Gasteiger partial charge in [-0.3, -0.25) is 4.79 Å². The summed E-state index contributed by atoms with van der Waals surface area (Å²) >= 11 is 0. The van der Waals surface area contributed by atoms with E-state index in [9.17, 15) is 18.0 Å². The van der Waals surface area contributed by atoms with Crippen LogP contribution in [-0.4, -0.2) is 18.4 Å². The lowest BCUT2D eigenvalue weighted by atomic mass is 9.87. The van der Waals surface area contributed by atoms with Crippen LogP contribution in [-0.2, 0) is 6.18 Å². The molecular weight excluding hydrogens is 279 g/mol. The molecule has 1 heterocycles. The van der Waals surface area contributed by atoms with E-state index < -0.39 is 11.7 Å². The van der Waals surface area contributed by atoms with E-state index in [2.05, 4.69) is 12.2 Å². The van der Waals surface area contributed by atoms with Crippen molar-refractivity contribution < 1.29 is 18.0 Å². The molecule has 0 bridgehead atoms. The smallest absolute Gasteiger partial charge is 0.314 e. The van der Waals surface area contributed by atoms with Crippen molar-refractivity contribution in [2.75, 3.05) is 6.54 Å². The van der Waals surface area contributed by atoms with Crippen LogP contribution in [0, 0.1) is 5.92 Å². The second-order valence-corrected chi connectivity index (χ2v) is 5.66. The average molecular weight is 299 g/mol. The van der Waals surface area contributed by atoms with Crippen LogP contribution >= 0.6 is 0 Å². The van der Waals surface area contributed by atoms with Crippen LogP contribution in [0.2, 0.25) is 0 Å². The highest BCUT2D eigenvalue weighted by Crippen LogP contribution is 2.30. The van der Waals surface area contributed by atoms with E-state index in [4.69, 9.17) is 0 Å². The molecule has 1 aliphatic heterocycles. The molecule has 0 spiro atoms. The van der Waals surface area contributed by atoms with Gasteiger partial charge in [-0.25, -0.2) is 0 Å². The van der Waals surface area contributed by atoms with Gasteiger partial charge in [0.1, 0.15) is 0 Å². The number of alkyl halides is 3. The molecule has 1 aliphatic rings. The first-order valence-electron chi connectivity index (χ1n) is 7.34. The maximum absolute atomic E-state index is 12.7. The fourth-order valence-corrected chi connectivity index (χ4v) is 2.83. The van der Waals surface area contributed by atoms with Crippen LogP contribution < -0.4 is 5.32 Å². The number of halogens is 3. The first-order chi connectivity index (χ1) is 9.90. The van der Waals surface area contributed by atoms with Gasteiger partial charge in [-0.15, -0.1) is 0 Å². The number of hydrogen-bond donors (Lipinski definition) is 1. The third kappa shape index (κ3) is 4.30. The molecule has 0 aliphatic carbocycles. The van der Waals surface area contributed by atoms with Gasteiger partial charge in [0, 0.05) is 18.0 Å². The zero-order valence-electron chi connectivity index (χ0n) is 12.0. The molecule has 2 rings (SSSR count). The van der Waals surface area contributed by atoms with Gasteiger partial charge in [-0.1, -0.05) is 25.5 Å². The number of carbonyl (C=O) groups excluding carboxylic acids is 1. The average Bonchev–Trinajstić information content (AvgIpc) is 2.46. The van der Waals surface area contributed by atoms with Gasteiger partial charge in [-0.2, -0.15) is 13.2 Å². The van der Waals surface area contributed by atoms with E-state index in [1.54, 1.807) is 0 Å². The molecular formula is C16H20F3NO. The van der Waals surface area contributed by atoms with Crippen molar-refractivity contribution in [2.45, 2.75) is 44.8 Å². The molecule has 1 saturated heterocycles. The molecule has 2 atom stereocenters. The highest BCUT2D eigenvalue weighted by Gasteiger charge is 2.31. The quantitative estimate of drug-likeness (QED) is 0.850. The molecule has 0 amide bonds. The SMILES string of the molecule is CCC1CCNC(CC(=O)c2cccc(C(F)(F)F)c2)C1. The minimum Gasteiger partial charge on any atom is -0.314 e. The summed E-state index contributed by atoms with van der Waals surface area (Å²) in [6.07, 6.45) is -1.05. The second-order valence-electron chi connectivity index (χ2n) is 5.66. The van der Waals surface area contributed by atoms with E-state index in [0.29, 0.717) is 5.92 Å². The number of rotatable bonds is 4. The number of carbonyl (C=O) groups is 1. The first kappa shape index (κ1) is 16.0. The molecule has 1 N–H and O–H groups in total. The predicted molar refractivity (Wildman–Crippen MR) is 75.2 cm³/mol. The molecule has 21 heavy (non-hydrogen) atoms. The Labute approximate surface area is 122 Å². The standard InChI is InChI=1S/C16H20F3NO/c1-2-11-6-7-20-14(8-11)10-15(21)12-4-3-5-13(9-12)16(17,18)19/h3-5,9,11,14,20H,2,6-8,10H2,1H3. The zero-order valence-corrected chi connectivity index (χ0v) is 12.0. The summed E-state index contributed by atoms with van der Waals surface area (Å²) in [5.74, 6) is 0.376. The number of hydrogen-bond acceptors (Lipinski definition) is 2. The lowest BCUT2D eigenvalue weighted by molar-refractivity contribution is -0.137. The van der Waals surface area contributed by atoms with Crippen LogP contribution in [0.3, 0.4) is 0 Å². The number of piperidine rings is 1. The van der Waals surface area contributed by atoms with E-state index in [0.717, 1.165) is 37.9 Å². The van der Waals surface area contributed by atoms with Crippen molar-refractivity contribution >= 4 is 5.78 Å². The maximum Gasteiger partial charge on any atom is 0.416 e. The maximum atomic E-state index is 12.7. The molecule has 0 saturated carbocycles. The minimum atomic E-state index is -4.41. The Kier molecular flexibility index (Phi) is 5.04. The Morgan fingerprint density at radius 1 is 1.38 bits per heavy atom. The number of ketones is 1. The lowest BCUT2D eigenvalue weighted by Gasteiger charge is -2.29. The van der Waals surface area contributed by atoms with Gasteiger partial charge in [0.2, 0.25) is 0 Å². The minimum absolute atomic E-state index is 0.0748.